The first-order valence-corrected chi connectivity index (χ1v) is 12.2. The maximum Gasteiger partial charge on any atom is 0.258 e. The van der Waals surface area contributed by atoms with E-state index in [1.165, 1.54) is 0 Å². The molecule has 3 N–H and O–H groups in total. The van der Waals surface area contributed by atoms with Crippen molar-refractivity contribution in [3.63, 3.8) is 0 Å². The first kappa shape index (κ1) is 24.4. The van der Waals surface area contributed by atoms with Crippen molar-refractivity contribution in [2.75, 3.05) is 26.2 Å². The van der Waals surface area contributed by atoms with Crippen LogP contribution in [0.5, 0.6) is 0 Å². The number of amides is 3. The first-order chi connectivity index (χ1) is 16.9. The highest BCUT2D eigenvalue weighted by Gasteiger charge is 2.40. The van der Waals surface area contributed by atoms with Crippen molar-refractivity contribution in [3.8, 4) is 0 Å². The summed E-state index contributed by atoms with van der Waals surface area (Å²) in [5.74, 6) is -0.606. The molecule has 2 aliphatic heterocycles. The maximum absolute atomic E-state index is 12.8. The number of carbonyl (C=O) groups excluding carboxylic acids is 3. The Kier molecular flexibility index (Phi) is 7.46. The minimum Gasteiger partial charge on any atom is -0.356 e. The van der Waals surface area contributed by atoms with Crippen LogP contribution in [0.2, 0.25) is 0 Å². The van der Waals surface area contributed by atoms with Crippen molar-refractivity contribution in [2.45, 2.75) is 33.6 Å². The molecule has 2 aromatic rings. The van der Waals surface area contributed by atoms with Gasteiger partial charge in [-0.05, 0) is 49.7 Å². The van der Waals surface area contributed by atoms with Gasteiger partial charge in [0.05, 0.1) is 29.0 Å². The van der Waals surface area contributed by atoms with Gasteiger partial charge in [-0.2, -0.15) is 0 Å². The van der Waals surface area contributed by atoms with Gasteiger partial charge in [0.15, 0.2) is 0 Å². The average molecular weight is 473 g/mol. The lowest BCUT2D eigenvalue weighted by Crippen LogP contribution is -2.30. The van der Waals surface area contributed by atoms with Crippen LogP contribution in [-0.2, 0) is 20.8 Å². The van der Waals surface area contributed by atoms with E-state index in [1.807, 2.05) is 55.5 Å². The molecular weight excluding hydrogens is 440 g/mol. The Balaban J connectivity index is 1.44. The van der Waals surface area contributed by atoms with Crippen LogP contribution < -0.4 is 16.0 Å². The summed E-state index contributed by atoms with van der Waals surface area (Å²) >= 11 is 0. The van der Waals surface area contributed by atoms with Crippen molar-refractivity contribution < 1.29 is 14.4 Å². The molecule has 0 aliphatic carbocycles. The quantitative estimate of drug-likeness (QED) is 0.464. The topological polar surface area (TPSA) is 90.5 Å². The van der Waals surface area contributed by atoms with Crippen molar-refractivity contribution >= 4 is 29.1 Å². The molecule has 7 nitrogen and oxygen atoms in total. The van der Waals surface area contributed by atoms with Crippen molar-refractivity contribution in [2.24, 2.45) is 0 Å². The van der Waals surface area contributed by atoms with Gasteiger partial charge in [-0.25, -0.2) is 0 Å². The number of hydrogen-bond acceptors (Lipinski definition) is 4. The summed E-state index contributed by atoms with van der Waals surface area (Å²) < 4.78 is 0. The fourth-order valence-electron chi connectivity index (χ4n) is 4.44. The third-order valence-corrected chi connectivity index (χ3v) is 6.50. The third-order valence-electron chi connectivity index (χ3n) is 6.50. The number of rotatable bonds is 10. The summed E-state index contributed by atoms with van der Waals surface area (Å²) in [6.07, 6.45) is 1.21. The lowest BCUT2D eigenvalue weighted by atomic mass is 10.0. The van der Waals surface area contributed by atoms with E-state index in [-0.39, 0.29) is 24.1 Å². The summed E-state index contributed by atoms with van der Waals surface area (Å²) in [6, 6.07) is 15.1. The zero-order valence-electron chi connectivity index (χ0n) is 20.5. The van der Waals surface area contributed by atoms with Gasteiger partial charge in [0.1, 0.15) is 0 Å². The zero-order chi connectivity index (χ0) is 24.9. The average Bonchev–Trinajstić information content (AvgIpc) is 3.38. The molecule has 2 aromatic carbocycles. The normalized spacial score (nSPS) is 15.0. The lowest BCUT2D eigenvalue weighted by Gasteiger charge is -2.17. The van der Waals surface area contributed by atoms with Crippen molar-refractivity contribution in [1.82, 2.24) is 20.9 Å². The summed E-state index contributed by atoms with van der Waals surface area (Å²) in [5.41, 5.74) is 5.27. The Morgan fingerprint density at radius 3 is 1.86 bits per heavy atom. The highest BCUT2D eigenvalue weighted by atomic mass is 16.2. The third kappa shape index (κ3) is 5.35. The molecule has 4 rings (SSSR count). The second kappa shape index (κ2) is 10.7. The molecule has 0 bridgehead atoms. The highest BCUT2D eigenvalue weighted by Crippen LogP contribution is 2.37. The molecule has 0 saturated heterocycles. The number of benzene rings is 2. The molecule has 0 radical (unpaired) electrons. The van der Waals surface area contributed by atoms with Crippen LogP contribution in [0, 0.1) is 6.92 Å². The number of nitrogens with zero attached hydrogens (tertiary/aromatic N) is 1. The lowest BCUT2D eigenvalue weighted by molar-refractivity contribution is -0.120. The van der Waals surface area contributed by atoms with E-state index in [1.54, 1.807) is 0 Å². The van der Waals surface area contributed by atoms with Crippen LogP contribution in [0.4, 0.5) is 0 Å². The van der Waals surface area contributed by atoms with E-state index < -0.39 is 0 Å². The van der Waals surface area contributed by atoms with Gasteiger partial charge in [0.2, 0.25) is 5.91 Å². The highest BCUT2D eigenvalue weighted by molar-refractivity contribution is 6.30. The van der Waals surface area contributed by atoms with Gasteiger partial charge in [0.25, 0.3) is 11.8 Å². The number of carbonyl (C=O) groups is 3. The fourth-order valence-corrected chi connectivity index (χ4v) is 4.44. The maximum atomic E-state index is 12.8. The molecule has 0 unspecified atom stereocenters. The number of fused-ring (bicyclic) bond motifs is 1. The molecule has 3 amide bonds. The van der Waals surface area contributed by atoms with E-state index in [4.69, 9.17) is 0 Å². The van der Waals surface area contributed by atoms with Crippen LogP contribution in [0.25, 0.3) is 11.4 Å². The molecule has 2 aliphatic rings. The van der Waals surface area contributed by atoms with Gasteiger partial charge in [-0.3, -0.25) is 14.4 Å². The SMILES string of the molecule is CCN(CC)CCCNC(=O)Cc1ccc(C2=C3C(=O)NC(c4ccc(C)cc4)=C3C(=O)N2)cc1. The Hall–Kier alpha value is -3.71. The van der Waals surface area contributed by atoms with Crippen LogP contribution in [-0.4, -0.2) is 48.8 Å². The Morgan fingerprint density at radius 2 is 1.34 bits per heavy atom. The predicted molar refractivity (Wildman–Crippen MR) is 137 cm³/mol. The molecule has 0 atom stereocenters. The predicted octanol–water partition coefficient (Wildman–Crippen LogP) is 2.77. The summed E-state index contributed by atoms with van der Waals surface area (Å²) in [4.78, 5) is 40.2. The monoisotopic (exact) mass is 472 g/mol. The molecule has 0 spiro atoms. The molecule has 7 heteroatoms. The molecule has 0 fully saturated rings. The van der Waals surface area contributed by atoms with Crippen molar-refractivity contribution in [1.29, 1.82) is 0 Å². The number of aryl methyl sites for hydroxylation is 1. The largest absolute Gasteiger partial charge is 0.356 e. The van der Waals surface area contributed by atoms with Crippen molar-refractivity contribution in [3.05, 3.63) is 81.9 Å². The van der Waals surface area contributed by atoms with E-state index >= 15 is 0 Å². The standard InChI is InChI=1S/C28H32N4O3/c1-4-32(5-2)16-6-15-29-22(33)17-19-9-13-21(14-10-19)26-24-23(27(34)31-26)25(30-28(24)35)20-11-7-18(3)8-12-20/h7-14H,4-6,15-17H2,1-3H3,(H,29,33)(H,30,35)(H,31,34). The van der Waals surface area contributed by atoms with E-state index in [0.717, 1.165) is 48.3 Å². The van der Waals surface area contributed by atoms with Gasteiger partial charge in [-0.1, -0.05) is 67.9 Å². The van der Waals surface area contributed by atoms with Crippen LogP contribution in [0.15, 0.2) is 59.7 Å². The van der Waals surface area contributed by atoms with E-state index in [9.17, 15) is 14.4 Å². The van der Waals surface area contributed by atoms with Gasteiger partial charge >= 0.3 is 0 Å². The first-order valence-electron chi connectivity index (χ1n) is 12.2. The minimum absolute atomic E-state index is 0.0170. The van der Waals surface area contributed by atoms with Gasteiger partial charge < -0.3 is 20.9 Å². The Morgan fingerprint density at radius 1 is 0.829 bits per heavy atom. The van der Waals surface area contributed by atoms with Crippen LogP contribution in [0.1, 0.15) is 42.5 Å². The molecule has 35 heavy (non-hydrogen) atoms. The number of nitrogens with one attached hydrogen (secondary N) is 3. The molecule has 2 heterocycles. The summed E-state index contributed by atoms with van der Waals surface area (Å²) in [7, 11) is 0. The van der Waals surface area contributed by atoms with Crippen LogP contribution in [0.3, 0.4) is 0 Å². The van der Waals surface area contributed by atoms with Gasteiger partial charge in [-0.15, -0.1) is 0 Å². The zero-order valence-corrected chi connectivity index (χ0v) is 20.5. The smallest absolute Gasteiger partial charge is 0.258 e. The van der Waals surface area contributed by atoms with Gasteiger partial charge in [0, 0.05) is 6.54 Å². The summed E-state index contributed by atoms with van der Waals surface area (Å²) in [5, 5.41) is 8.71. The van der Waals surface area contributed by atoms with E-state index in [0.29, 0.717) is 29.1 Å². The molecule has 0 saturated carbocycles. The Labute approximate surface area is 206 Å². The fraction of sp³-hybridized carbons (Fsp3) is 0.321. The second-order valence-electron chi connectivity index (χ2n) is 8.88. The molecular formula is C28H32N4O3. The summed E-state index contributed by atoms with van der Waals surface area (Å²) in [6.45, 7) is 9.92. The second-order valence-corrected chi connectivity index (χ2v) is 8.88. The number of hydrogen-bond donors (Lipinski definition) is 3. The van der Waals surface area contributed by atoms with Crippen LogP contribution >= 0.6 is 0 Å². The molecule has 0 aromatic heterocycles. The minimum atomic E-state index is -0.294. The molecule has 182 valence electrons. The Bertz CT molecular complexity index is 1190. The van der Waals surface area contributed by atoms with E-state index in [2.05, 4.69) is 34.7 Å².